The van der Waals surface area contributed by atoms with Crippen molar-refractivity contribution in [2.75, 3.05) is 10.7 Å². The van der Waals surface area contributed by atoms with Gasteiger partial charge >= 0.3 is 5.69 Å². The SMILES string of the molecule is CC(Cc1ccsc1)Nc1ncnc(NN)c1[N+](=O)[O-]. The van der Waals surface area contributed by atoms with Crippen LogP contribution in [-0.2, 0) is 6.42 Å². The van der Waals surface area contributed by atoms with Crippen molar-refractivity contribution >= 4 is 28.7 Å². The summed E-state index contributed by atoms with van der Waals surface area (Å²) < 4.78 is 0. The minimum atomic E-state index is -0.561. The molecule has 2 aromatic rings. The van der Waals surface area contributed by atoms with Crippen LogP contribution in [0.25, 0.3) is 0 Å². The first-order valence-electron chi connectivity index (χ1n) is 5.85. The van der Waals surface area contributed by atoms with Crippen LogP contribution in [0.5, 0.6) is 0 Å². The van der Waals surface area contributed by atoms with Gasteiger partial charge in [-0.15, -0.1) is 0 Å². The monoisotopic (exact) mass is 294 g/mol. The third-order valence-corrected chi connectivity index (χ3v) is 3.38. The number of aromatic nitrogens is 2. The van der Waals surface area contributed by atoms with E-state index in [4.69, 9.17) is 5.84 Å². The molecule has 0 aliphatic rings. The number of nitrogens with two attached hydrogens (primary N) is 1. The van der Waals surface area contributed by atoms with Gasteiger partial charge in [0.15, 0.2) is 0 Å². The van der Waals surface area contributed by atoms with Crippen LogP contribution in [0.3, 0.4) is 0 Å². The van der Waals surface area contributed by atoms with Crippen LogP contribution in [0.2, 0.25) is 0 Å². The molecule has 0 amide bonds. The molecule has 20 heavy (non-hydrogen) atoms. The van der Waals surface area contributed by atoms with E-state index in [2.05, 4.69) is 20.7 Å². The van der Waals surface area contributed by atoms with Crippen LogP contribution in [0.1, 0.15) is 12.5 Å². The van der Waals surface area contributed by atoms with E-state index in [1.807, 2.05) is 23.8 Å². The lowest BCUT2D eigenvalue weighted by atomic mass is 10.1. The van der Waals surface area contributed by atoms with Gasteiger partial charge in [-0.25, -0.2) is 15.8 Å². The number of hydrazine groups is 1. The molecule has 0 aromatic carbocycles. The lowest BCUT2D eigenvalue weighted by Gasteiger charge is -2.14. The molecule has 1 unspecified atom stereocenters. The van der Waals surface area contributed by atoms with Gasteiger partial charge in [0.25, 0.3) is 0 Å². The Bertz CT molecular complexity index is 589. The van der Waals surface area contributed by atoms with Crippen LogP contribution in [0.4, 0.5) is 17.3 Å². The molecule has 0 spiro atoms. The second kappa shape index (κ2) is 6.26. The normalized spacial score (nSPS) is 11.9. The van der Waals surface area contributed by atoms with Gasteiger partial charge in [-0.3, -0.25) is 10.1 Å². The van der Waals surface area contributed by atoms with Crippen molar-refractivity contribution in [1.82, 2.24) is 9.97 Å². The van der Waals surface area contributed by atoms with Crippen molar-refractivity contribution < 1.29 is 4.92 Å². The van der Waals surface area contributed by atoms with Gasteiger partial charge in [-0.05, 0) is 35.7 Å². The quantitative estimate of drug-likeness (QED) is 0.422. The molecule has 0 saturated heterocycles. The fraction of sp³-hybridized carbons (Fsp3) is 0.273. The van der Waals surface area contributed by atoms with E-state index in [1.54, 1.807) is 11.3 Å². The van der Waals surface area contributed by atoms with E-state index >= 15 is 0 Å². The van der Waals surface area contributed by atoms with Crippen molar-refractivity contribution in [2.45, 2.75) is 19.4 Å². The number of hydrogen-bond donors (Lipinski definition) is 3. The van der Waals surface area contributed by atoms with Gasteiger partial charge in [0.05, 0.1) is 4.92 Å². The molecule has 0 fully saturated rings. The van der Waals surface area contributed by atoms with Crippen molar-refractivity contribution in [1.29, 1.82) is 0 Å². The summed E-state index contributed by atoms with van der Waals surface area (Å²) in [5.74, 6) is 5.36. The van der Waals surface area contributed by atoms with Crippen LogP contribution in [-0.4, -0.2) is 20.9 Å². The Morgan fingerprint density at radius 3 is 2.85 bits per heavy atom. The highest BCUT2D eigenvalue weighted by Crippen LogP contribution is 2.28. The van der Waals surface area contributed by atoms with Gasteiger partial charge in [0.1, 0.15) is 6.33 Å². The van der Waals surface area contributed by atoms with E-state index in [0.717, 1.165) is 6.42 Å². The Morgan fingerprint density at radius 1 is 1.50 bits per heavy atom. The maximum Gasteiger partial charge on any atom is 0.354 e. The second-order valence-corrected chi connectivity index (χ2v) is 4.98. The molecule has 0 bridgehead atoms. The summed E-state index contributed by atoms with van der Waals surface area (Å²) in [6.07, 6.45) is 1.97. The van der Waals surface area contributed by atoms with Gasteiger partial charge in [0.2, 0.25) is 11.6 Å². The summed E-state index contributed by atoms with van der Waals surface area (Å²) in [4.78, 5) is 18.2. The molecular weight excluding hydrogens is 280 g/mol. The first-order valence-corrected chi connectivity index (χ1v) is 6.79. The van der Waals surface area contributed by atoms with Crippen molar-refractivity contribution in [3.05, 3.63) is 38.8 Å². The number of nitrogen functional groups attached to an aromatic ring is 1. The Morgan fingerprint density at radius 2 is 2.25 bits per heavy atom. The zero-order chi connectivity index (χ0) is 14.5. The smallest absolute Gasteiger partial charge is 0.354 e. The fourth-order valence-electron chi connectivity index (χ4n) is 1.81. The van der Waals surface area contributed by atoms with E-state index < -0.39 is 4.92 Å². The Labute approximate surface area is 119 Å². The van der Waals surface area contributed by atoms with Crippen LogP contribution >= 0.6 is 11.3 Å². The Hall–Kier alpha value is -2.26. The summed E-state index contributed by atoms with van der Waals surface area (Å²) in [7, 11) is 0. The molecule has 2 aromatic heterocycles. The summed E-state index contributed by atoms with van der Waals surface area (Å²) in [6, 6.07) is 2.01. The summed E-state index contributed by atoms with van der Waals surface area (Å²) in [6.45, 7) is 1.93. The van der Waals surface area contributed by atoms with E-state index in [9.17, 15) is 10.1 Å². The molecule has 0 aliphatic heterocycles. The van der Waals surface area contributed by atoms with Gasteiger partial charge in [-0.1, -0.05) is 0 Å². The predicted molar refractivity (Wildman–Crippen MR) is 77.6 cm³/mol. The summed E-state index contributed by atoms with van der Waals surface area (Å²) in [5, 5.41) is 18.1. The highest BCUT2D eigenvalue weighted by Gasteiger charge is 2.23. The van der Waals surface area contributed by atoms with E-state index in [-0.39, 0.29) is 23.4 Å². The molecule has 1 atom stereocenters. The number of nitrogens with one attached hydrogen (secondary N) is 2. The molecule has 0 saturated carbocycles. The third-order valence-electron chi connectivity index (χ3n) is 2.65. The number of nitrogens with zero attached hydrogens (tertiary/aromatic N) is 3. The van der Waals surface area contributed by atoms with Crippen molar-refractivity contribution in [3.8, 4) is 0 Å². The van der Waals surface area contributed by atoms with E-state index in [1.165, 1.54) is 11.9 Å². The summed E-state index contributed by atoms with van der Waals surface area (Å²) in [5.41, 5.74) is 3.12. The zero-order valence-corrected chi connectivity index (χ0v) is 11.6. The number of thiophene rings is 1. The van der Waals surface area contributed by atoms with Gasteiger partial charge in [0, 0.05) is 6.04 Å². The molecular formula is C11H14N6O2S. The maximum absolute atomic E-state index is 11.1. The molecule has 106 valence electrons. The fourth-order valence-corrected chi connectivity index (χ4v) is 2.49. The third kappa shape index (κ3) is 3.19. The van der Waals surface area contributed by atoms with Crippen LogP contribution < -0.4 is 16.6 Å². The molecule has 0 aliphatic carbocycles. The van der Waals surface area contributed by atoms with Gasteiger partial charge < -0.3 is 10.7 Å². The number of rotatable bonds is 6. The summed E-state index contributed by atoms with van der Waals surface area (Å²) >= 11 is 1.61. The molecule has 4 N–H and O–H groups in total. The molecule has 0 radical (unpaired) electrons. The molecule has 8 nitrogen and oxygen atoms in total. The predicted octanol–water partition coefficient (Wildman–Crippen LogP) is 1.77. The van der Waals surface area contributed by atoms with Crippen molar-refractivity contribution in [2.24, 2.45) is 5.84 Å². The minimum absolute atomic E-state index is 0.0103. The standard InChI is InChI=1S/C11H14N6O2S/c1-7(4-8-2-3-20-5-8)15-10-9(17(18)19)11(16-12)14-6-13-10/h2-3,5-7H,4,12H2,1H3,(H2,13,14,15,16). The number of hydrogen-bond acceptors (Lipinski definition) is 8. The average molecular weight is 294 g/mol. The Kier molecular flexibility index (Phi) is 4.43. The molecule has 9 heteroatoms. The maximum atomic E-state index is 11.1. The lowest BCUT2D eigenvalue weighted by molar-refractivity contribution is -0.383. The first-order chi connectivity index (χ1) is 9.61. The number of anilines is 2. The molecule has 2 rings (SSSR count). The highest BCUT2D eigenvalue weighted by molar-refractivity contribution is 7.07. The largest absolute Gasteiger partial charge is 0.361 e. The zero-order valence-electron chi connectivity index (χ0n) is 10.7. The number of nitro groups is 1. The van der Waals surface area contributed by atoms with Crippen LogP contribution in [0.15, 0.2) is 23.2 Å². The van der Waals surface area contributed by atoms with Crippen molar-refractivity contribution in [3.63, 3.8) is 0 Å². The minimum Gasteiger partial charge on any atom is -0.361 e. The Balaban J connectivity index is 2.18. The topological polar surface area (TPSA) is 119 Å². The second-order valence-electron chi connectivity index (χ2n) is 4.20. The first kappa shape index (κ1) is 14.2. The average Bonchev–Trinajstić information content (AvgIpc) is 2.90. The van der Waals surface area contributed by atoms with Gasteiger partial charge in [-0.2, -0.15) is 11.3 Å². The highest BCUT2D eigenvalue weighted by atomic mass is 32.1. The van der Waals surface area contributed by atoms with E-state index in [0.29, 0.717) is 0 Å². The van der Waals surface area contributed by atoms with Crippen LogP contribution in [0, 0.1) is 10.1 Å². The molecule has 2 heterocycles. The lowest BCUT2D eigenvalue weighted by Crippen LogP contribution is -2.21.